The van der Waals surface area contributed by atoms with Gasteiger partial charge < -0.3 is 11.1 Å². The highest BCUT2D eigenvalue weighted by Gasteiger charge is 2.40. The predicted octanol–water partition coefficient (Wildman–Crippen LogP) is 2.87. The molecule has 0 aliphatic heterocycles. The zero-order chi connectivity index (χ0) is 14.1. The summed E-state index contributed by atoms with van der Waals surface area (Å²) >= 11 is 0. The van der Waals surface area contributed by atoms with E-state index in [4.69, 9.17) is 5.73 Å². The van der Waals surface area contributed by atoms with E-state index in [-0.39, 0.29) is 36.8 Å². The number of fused-ring (bicyclic) bond motifs is 2. The van der Waals surface area contributed by atoms with E-state index in [1.54, 1.807) is 6.20 Å². The number of aromatic nitrogens is 1. The van der Waals surface area contributed by atoms with Crippen molar-refractivity contribution in [3.8, 4) is 0 Å². The van der Waals surface area contributed by atoms with Crippen molar-refractivity contribution in [3.05, 3.63) is 29.6 Å². The van der Waals surface area contributed by atoms with Crippen molar-refractivity contribution >= 4 is 30.7 Å². The van der Waals surface area contributed by atoms with Crippen LogP contribution in [0.25, 0.3) is 0 Å². The maximum absolute atomic E-state index is 12.4. The molecule has 6 heteroatoms. The lowest BCUT2D eigenvalue weighted by atomic mass is 9.67. The first-order valence-electron chi connectivity index (χ1n) is 7.63. The molecule has 3 rings (SSSR count). The zero-order valence-electron chi connectivity index (χ0n) is 12.8. The van der Waals surface area contributed by atoms with Gasteiger partial charge in [0.15, 0.2) is 0 Å². The molecule has 2 aliphatic carbocycles. The van der Waals surface area contributed by atoms with Crippen LogP contribution in [0.4, 0.5) is 0 Å². The summed E-state index contributed by atoms with van der Waals surface area (Å²) in [4.78, 5) is 16.7. The number of carbonyl (C=O) groups is 1. The first-order valence-corrected chi connectivity index (χ1v) is 7.63. The van der Waals surface area contributed by atoms with Gasteiger partial charge in [0.05, 0.1) is 0 Å². The molecule has 1 aromatic rings. The molecule has 0 radical (unpaired) electrons. The number of halogens is 2. The molecular weight excluding hydrogens is 321 g/mol. The second-order valence-electron chi connectivity index (χ2n) is 6.35. The van der Waals surface area contributed by atoms with Crippen LogP contribution in [0.3, 0.4) is 0 Å². The molecule has 2 aliphatic rings. The van der Waals surface area contributed by atoms with E-state index in [0.717, 1.165) is 18.4 Å². The molecule has 2 unspecified atom stereocenters. The van der Waals surface area contributed by atoms with E-state index in [9.17, 15) is 4.79 Å². The van der Waals surface area contributed by atoms with Crippen molar-refractivity contribution in [3.63, 3.8) is 0 Å². The Hall–Kier alpha value is -0.840. The number of nitrogens with one attached hydrogen (secondary N) is 1. The molecule has 2 atom stereocenters. The van der Waals surface area contributed by atoms with Gasteiger partial charge in [-0.3, -0.25) is 9.78 Å². The largest absolute Gasteiger partial charge is 0.347 e. The fourth-order valence-corrected chi connectivity index (χ4v) is 3.97. The van der Waals surface area contributed by atoms with Crippen LogP contribution in [0.2, 0.25) is 0 Å². The predicted molar refractivity (Wildman–Crippen MR) is 92.8 cm³/mol. The van der Waals surface area contributed by atoms with Crippen LogP contribution in [-0.2, 0) is 0 Å². The fourth-order valence-electron chi connectivity index (χ4n) is 3.97. The van der Waals surface area contributed by atoms with E-state index >= 15 is 0 Å². The number of amides is 1. The third kappa shape index (κ3) is 3.92. The van der Waals surface area contributed by atoms with Gasteiger partial charge >= 0.3 is 0 Å². The SMILES string of the molecule is Cc1cccnc1C(=O)NC1C2CCCC1CC(N)C2.Cl.Cl. The van der Waals surface area contributed by atoms with Crippen molar-refractivity contribution in [2.24, 2.45) is 17.6 Å². The molecule has 4 nitrogen and oxygen atoms in total. The van der Waals surface area contributed by atoms with Crippen molar-refractivity contribution in [1.82, 2.24) is 10.3 Å². The maximum Gasteiger partial charge on any atom is 0.270 e. The smallest absolute Gasteiger partial charge is 0.270 e. The molecule has 2 saturated carbocycles. The van der Waals surface area contributed by atoms with Crippen molar-refractivity contribution in [2.45, 2.75) is 51.1 Å². The number of rotatable bonds is 2. The first kappa shape index (κ1) is 19.2. The molecule has 22 heavy (non-hydrogen) atoms. The monoisotopic (exact) mass is 345 g/mol. The Labute approximate surface area is 144 Å². The number of pyridine rings is 1. The van der Waals surface area contributed by atoms with Gasteiger partial charge in [-0.1, -0.05) is 12.5 Å². The number of hydrogen-bond donors (Lipinski definition) is 2. The summed E-state index contributed by atoms with van der Waals surface area (Å²) < 4.78 is 0. The Morgan fingerprint density at radius 3 is 2.50 bits per heavy atom. The van der Waals surface area contributed by atoms with E-state index in [1.807, 2.05) is 19.1 Å². The third-order valence-electron chi connectivity index (χ3n) is 4.90. The van der Waals surface area contributed by atoms with Gasteiger partial charge in [0.25, 0.3) is 5.91 Å². The van der Waals surface area contributed by atoms with E-state index in [1.165, 1.54) is 19.3 Å². The van der Waals surface area contributed by atoms with Gasteiger partial charge in [-0.2, -0.15) is 0 Å². The van der Waals surface area contributed by atoms with E-state index < -0.39 is 0 Å². The van der Waals surface area contributed by atoms with Crippen molar-refractivity contribution in [2.75, 3.05) is 0 Å². The van der Waals surface area contributed by atoms with Crippen LogP contribution >= 0.6 is 24.8 Å². The van der Waals surface area contributed by atoms with Gasteiger partial charge in [-0.05, 0) is 56.1 Å². The minimum Gasteiger partial charge on any atom is -0.347 e. The summed E-state index contributed by atoms with van der Waals surface area (Å²) in [6, 6.07) is 4.40. The minimum atomic E-state index is -0.0273. The second kappa shape index (κ2) is 8.14. The Kier molecular flexibility index (Phi) is 7.10. The highest BCUT2D eigenvalue weighted by Crippen LogP contribution is 2.39. The number of nitrogens with two attached hydrogens (primary N) is 1. The second-order valence-corrected chi connectivity index (χ2v) is 6.35. The molecular formula is C16H25Cl2N3O. The normalized spacial score (nSPS) is 29.7. The maximum atomic E-state index is 12.4. The summed E-state index contributed by atoms with van der Waals surface area (Å²) in [7, 11) is 0. The summed E-state index contributed by atoms with van der Waals surface area (Å²) in [5, 5.41) is 3.24. The quantitative estimate of drug-likeness (QED) is 0.865. The van der Waals surface area contributed by atoms with Crippen molar-refractivity contribution < 1.29 is 4.79 Å². The summed E-state index contributed by atoms with van der Waals surface area (Å²) in [5.41, 5.74) is 7.62. The standard InChI is InChI=1S/C16H23N3O.2ClH/c1-10-4-3-7-18-14(10)16(20)19-15-11-5-2-6-12(15)9-13(17)8-11;;/h3-4,7,11-13,15H,2,5-6,8-9,17H2,1H3,(H,19,20);2*1H. The lowest BCUT2D eigenvalue weighted by molar-refractivity contribution is 0.0751. The van der Waals surface area contributed by atoms with E-state index in [2.05, 4.69) is 10.3 Å². The fraction of sp³-hybridized carbons (Fsp3) is 0.625. The molecule has 0 aromatic carbocycles. The topological polar surface area (TPSA) is 68.0 Å². The molecule has 1 amide bonds. The number of hydrogen-bond acceptors (Lipinski definition) is 3. The molecule has 124 valence electrons. The van der Waals surface area contributed by atoms with Gasteiger partial charge in [0.1, 0.15) is 5.69 Å². The van der Waals surface area contributed by atoms with Gasteiger partial charge in [-0.25, -0.2) is 0 Å². The van der Waals surface area contributed by atoms with Crippen LogP contribution in [-0.4, -0.2) is 23.0 Å². The summed E-state index contributed by atoms with van der Waals surface area (Å²) in [6.07, 6.45) is 7.43. The Bertz CT molecular complexity index is 498. The van der Waals surface area contributed by atoms with Crippen LogP contribution in [0.1, 0.15) is 48.2 Å². The number of aryl methyl sites for hydroxylation is 1. The summed E-state index contributed by atoms with van der Waals surface area (Å²) in [6.45, 7) is 1.93. The highest BCUT2D eigenvalue weighted by molar-refractivity contribution is 5.93. The molecule has 2 fully saturated rings. The summed E-state index contributed by atoms with van der Waals surface area (Å²) in [5.74, 6) is 1.07. The molecule has 2 bridgehead atoms. The van der Waals surface area contributed by atoms with Gasteiger partial charge in [0.2, 0.25) is 0 Å². The minimum absolute atomic E-state index is 0. The molecule has 1 aromatic heterocycles. The average molecular weight is 346 g/mol. The van der Waals surface area contributed by atoms with Crippen LogP contribution < -0.4 is 11.1 Å². The molecule has 1 heterocycles. The third-order valence-corrected chi connectivity index (χ3v) is 4.90. The molecule has 0 saturated heterocycles. The van der Waals surface area contributed by atoms with E-state index in [0.29, 0.717) is 23.6 Å². The van der Waals surface area contributed by atoms with Gasteiger partial charge in [0, 0.05) is 18.3 Å². The van der Waals surface area contributed by atoms with Gasteiger partial charge in [-0.15, -0.1) is 24.8 Å². The lowest BCUT2D eigenvalue weighted by Gasteiger charge is -2.45. The van der Waals surface area contributed by atoms with Crippen LogP contribution in [0.5, 0.6) is 0 Å². The number of nitrogens with zero attached hydrogens (tertiary/aromatic N) is 1. The number of carbonyl (C=O) groups excluding carboxylic acids is 1. The van der Waals surface area contributed by atoms with Crippen LogP contribution in [0.15, 0.2) is 18.3 Å². The Balaban J connectivity index is 0.00000121. The van der Waals surface area contributed by atoms with Crippen LogP contribution in [0, 0.1) is 18.8 Å². The Morgan fingerprint density at radius 2 is 1.91 bits per heavy atom. The molecule has 0 spiro atoms. The first-order chi connectivity index (χ1) is 9.65. The van der Waals surface area contributed by atoms with Crippen molar-refractivity contribution in [1.29, 1.82) is 0 Å². The molecule has 3 N–H and O–H groups in total. The average Bonchev–Trinajstić information content (AvgIpc) is 2.40. The Morgan fingerprint density at radius 1 is 1.27 bits per heavy atom. The lowest BCUT2D eigenvalue weighted by Crippen LogP contribution is -2.53. The highest BCUT2D eigenvalue weighted by atomic mass is 35.5. The zero-order valence-corrected chi connectivity index (χ0v) is 14.5.